The first-order valence-electron chi connectivity index (χ1n) is 12.5. The number of piperidine rings is 1. The zero-order chi connectivity index (χ0) is 23.8. The molecule has 5 rings (SSSR count). The van der Waals surface area contributed by atoms with E-state index in [1.54, 1.807) is 0 Å². The number of fused-ring (bicyclic) bond motifs is 1. The molecule has 1 amide bonds. The molecule has 8 nitrogen and oxygen atoms in total. The first kappa shape index (κ1) is 22.6. The number of carbonyl (C=O) groups is 1. The number of nitrogens with one attached hydrogen (secondary N) is 1. The second-order valence-corrected chi connectivity index (χ2v) is 10.0. The van der Waals surface area contributed by atoms with Crippen LogP contribution in [-0.4, -0.2) is 57.7 Å². The van der Waals surface area contributed by atoms with Gasteiger partial charge < -0.3 is 14.8 Å². The van der Waals surface area contributed by atoms with Crippen molar-refractivity contribution in [3.05, 3.63) is 51.7 Å². The number of anilines is 1. The second kappa shape index (κ2) is 9.24. The smallest absolute Gasteiger partial charge is 0.262 e. The van der Waals surface area contributed by atoms with Gasteiger partial charge in [0, 0.05) is 44.4 Å². The molecule has 0 bridgehead atoms. The first-order valence-corrected chi connectivity index (χ1v) is 12.5. The molecule has 2 fully saturated rings. The summed E-state index contributed by atoms with van der Waals surface area (Å²) in [7, 11) is 3.97. The Balaban J connectivity index is 1.41. The Labute approximate surface area is 200 Å². The van der Waals surface area contributed by atoms with Crippen molar-refractivity contribution >= 4 is 22.6 Å². The topological polar surface area (TPSA) is 87.1 Å². The number of rotatable bonds is 4. The van der Waals surface area contributed by atoms with E-state index in [2.05, 4.69) is 4.98 Å². The maximum Gasteiger partial charge on any atom is 0.262 e. The van der Waals surface area contributed by atoms with Crippen LogP contribution in [0.25, 0.3) is 11.0 Å². The Hall–Kier alpha value is -3.16. The van der Waals surface area contributed by atoms with E-state index in [1.807, 2.05) is 59.8 Å². The summed E-state index contributed by atoms with van der Waals surface area (Å²) in [5, 5.41) is 5.33. The number of likely N-dealkylation sites (tertiary alicyclic amines) is 1. The summed E-state index contributed by atoms with van der Waals surface area (Å²) in [4.78, 5) is 38.2. The summed E-state index contributed by atoms with van der Waals surface area (Å²) in [6.45, 7) is 3.16. The van der Waals surface area contributed by atoms with Crippen LogP contribution in [0.5, 0.6) is 0 Å². The fraction of sp³-hybridized carbons (Fsp3) is 0.538. The quantitative estimate of drug-likeness (QED) is 0.633. The van der Waals surface area contributed by atoms with Crippen molar-refractivity contribution < 1.29 is 4.79 Å². The fourth-order valence-corrected chi connectivity index (χ4v) is 5.47. The minimum absolute atomic E-state index is 0.00543. The SMILES string of the molecule is Cc1nn(C2CCCCC2)c2nc(C3CCCN(C(=O)c4ccc(N(C)C)cc4)C3)[nH]c(=O)c12. The lowest BCUT2D eigenvalue weighted by molar-refractivity contribution is 0.0704. The molecule has 34 heavy (non-hydrogen) atoms. The summed E-state index contributed by atoms with van der Waals surface area (Å²) in [6.07, 6.45) is 7.59. The molecule has 1 saturated heterocycles. The molecule has 1 aliphatic heterocycles. The summed E-state index contributed by atoms with van der Waals surface area (Å²) in [6, 6.07) is 8.02. The Morgan fingerprint density at radius 1 is 1.06 bits per heavy atom. The molecule has 1 aromatic carbocycles. The van der Waals surface area contributed by atoms with Crippen molar-refractivity contribution in [2.24, 2.45) is 0 Å². The van der Waals surface area contributed by atoms with Crippen molar-refractivity contribution in [2.45, 2.75) is 63.8 Å². The third-order valence-electron chi connectivity index (χ3n) is 7.40. The fourth-order valence-electron chi connectivity index (χ4n) is 5.47. The molecule has 3 heterocycles. The van der Waals surface area contributed by atoms with Gasteiger partial charge in [0.2, 0.25) is 0 Å². The van der Waals surface area contributed by atoms with Crippen LogP contribution >= 0.6 is 0 Å². The van der Waals surface area contributed by atoms with E-state index in [9.17, 15) is 9.59 Å². The van der Waals surface area contributed by atoms with Crippen LogP contribution in [-0.2, 0) is 0 Å². The predicted octanol–water partition coefficient (Wildman–Crippen LogP) is 4.02. The number of benzene rings is 1. The van der Waals surface area contributed by atoms with E-state index < -0.39 is 0 Å². The largest absolute Gasteiger partial charge is 0.378 e. The molecule has 1 saturated carbocycles. The van der Waals surface area contributed by atoms with E-state index in [4.69, 9.17) is 10.1 Å². The molecule has 0 spiro atoms. The Morgan fingerprint density at radius 3 is 2.50 bits per heavy atom. The summed E-state index contributed by atoms with van der Waals surface area (Å²) >= 11 is 0. The number of hydrogen-bond acceptors (Lipinski definition) is 5. The van der Waals surface area contributed by atoms with Gasteiger partial charge in [0.15, 0.2) is 5.65 Å². The van der Waals surface area contributed by atoms with Crippen LogP contribution in [0.1, 0.15) is 78.8 Å². The standard InChI is InChI=1S/C26H34N6O2/c1-17-22-24(32(29-17)21-9-5-4-6-10-21)27-23(28-25(22)33)19-8-7-15-31(16-19)26(34)18-11-13-20(14-12-18)30(2)3/h11-14,19,21H,4-10,15-16H2,1-3H3,(H,27,28,33). The normalized spacial score (nSPS) is 19.5. The minimum atomic E-state index is -0.123. The molecule has 1 N–H and O–H groups in total. The van der Waals surface area contributed by atoms with Gasteiger partial charge in [-0.05, 0) is 56.9 Å². The highest BCUT2D eigenvalue weighted by molar-refractivity contribution is 5.94. The number of hydrogen-bond donors (Lipinski definition) is 1. The Kier molecular flexibility index (Phi) is 6.15. The zero-order valence-corrected chi connectivity index (χ0v) is 20.4. The molecule has 3 aromatic rings. The van der Waals surface area contributed by atoms with Crippen LogP contribution in [0.4, 0.5) is 5.69 Å². The lowest BCUT2D eigenvalue weighted by atomic mass is 9.95. The second-order valence-electron chi connectivity index (χ2n) is 10.0. The molecule has 1 aliphatic carbocycles. The molecule has 8 heteroatoms. The molecule has 180 valence electrons. The monoisotopic (exact) mass is 462 g/mol. The third kappa shape index (κ3) is 4.21. The maximum absolute atomic E-state index is 13.2. The number of amides is 1. The van der Waals surface area contributed by atoms with Crippen molar-refractivity contribution in [3.63, 3.8) is 0 Å². The number of aromatic amines is 1. The van der Waals surface area contributed by atoms with Crippen molar-refractivity contribution in [2.75, 3.05) is 32.1 Å². The molecular formula is C26H34N6O2. The van der Waals surface area contributed by atoms with Gasteiger partial charge in [0.25, 0.3) is 11.5 Å². The van der Waals surface area contributed by atoms with E-state index in [0.29, 0.717) is 35.0 Å². The van der Waals surface area contributed by atoms with Crippen LogP contribution in [0, 0.1) is 6.92 Å². The third-order valence-corrected chi connectivity index (χ3v) is 7.40. The number of nitrogens with zero attached hydrogens (tertiary/aromatic N) is 5. The minimum Gasteiger partial charge on any atom is -0.378 e. The van der Waals surface area contributed by atoms with Gasteiger partial charge in [0.1, 0.15) is 11.2 Å². The summed E-state index contributed by atoms with van der Waals surface area (Å²) in [5.74, 6) is 0.710. The number of aromatic nitrogens is 4. The van der Waals surface area contributed by atoms with Crippen LogP contribution in [0.2, 0.25) is 0 Å². The molecule has 1 unspecified atom stereocenters. The van der Waals surface area contributed by atoms with Crippen molar-refractivity contribution in [3.8, 4) is 0 Å². The van der Waals surface area contributed by atoms with E-state index >= 15 is 0 Å². The van der Waals surface area contributed by atoms with E-state index in [-0.39, 0.29) is 17.4 Å². The van der Waals surface area contributed by atoms with Crippen LogP contribution in [0.15, 0.2) is 29.1 Å². The van der Waals surface area contributed by atoms with E-state index in [1.165, 1.54) is 19.3 Å². The Bertz CT molecular complexity index is 1240. The predicted molar refractivity (Wildman–Crippen MR) is 134 cm³/mol. The van der Waals surface area contributed by atoms with Gasteiger partial charge in [-0.3, -0.25) is 9.59 Å². The van der Waals surface area contributed by atoms with Gasteiger partial charge >= 0.3 is 0 Å². The summed E-state index contributed by atoms with van der Waals surface area (Å²) in [5.41, 5.74) is 3.07. The number of carbonyl (C=O) groups excluding carboxylic acids is 1. The highest BCUT2D eigenvalue weighted by Gasteiger charge is 2.29. The van der Waals surface area contributed by atoms with Gasteiger partial charge in [-0.2, -0.15) is 5.10 Å². The molecule has 1 atom stereocenters. The highest BCUT2D eigenvalue weighted by atomic mass is 16.2. The van der Waals surface area contributed by atoms with Gasteiger partial charge in [-0.15, -0.1) is 0 Å². The molecule has 2 aliphatic rings. The Morgan fingerprint density at radius 2 is 1.79 bits per heavy atom. The van der Waals surface area contributed by atoms with Crippen molar-refractivity contribution in [1.29, 1.82) is 0 Å². The summed E-state index contributed by atoms with van der Waals surface area (Å²) < 4.78 is 2.00. The lowest BCUT2D eigenvalue weighted by Gasteiger charge is -2.32. The van der Waals surface area contributed by atoms with Crippen LogP contribution in [0.3, 0.4) is 0 Å². The lowest BCUT2D eigenvalue weighted by Crippen LogP contribution is -2.40. The highest BCUT2D eigenvalue weighted by Crippen LogP contribution is 2.31. The molecule has 2 aromatic heterocycles. The molecular weight excluding hydrogens is 428 g/mol. The average Bonchev–Trinajstić information content (AvgIpc) is 3.21. The maximum atomic E-state index is 13.2. The number of H-pyrrole nitrogens is 1. The molecule has 0 radical (unpaired) electrons. The van der Waals surface area contributed by atoms with Gasteiger partial charge in [-0.25, -0.2) is 9.67 Å². The van der Waals surface area contributed by atoms with Gasteiger partial charge in [0.05, 0.1) is 11.7 Å². The van der Waals surface area contributed by atoms with Crippen LogP contribution < -0.4 is 10.5 Å². The van der Waals surface area contributed by atoms with Crippen molar-refractivity contribution in [1.82, 2.24) is 24.6 Å². The number of aryl methyl sites for hydroxylation is 1. The van der Waals surface area contributed by atoms with Gasteiger partial charge in [-0.1, -0.05) is 19.3 Å². The van der Waals surface area contributed by atoms with E-state index in [0.717, 1.165) is 43.6 Å². The average molecular weight is 463 g/mol. The first-order chi connectivity index (χ1) is 16.4. The zero-order valence-electron chi connectivity index (χ0n) is 20.4.